The Hall–Kier alpha value is -3.03. The van der Waals surface area contributed by atoms with Crippen LogP contribution in [0.1, 0.15) is 18.4 Å². The Morgan fingerprint density at radius 3 is 2.72 bits per heavy atom. The number of ether oxygens (including phenoxy) is 2. The second kappa shape index (κ2) is 5.80. The maximum absolute atomic E-state index is 12.6. The topological polar surface area (TPSA) is 112 Å². The molecule has 1 atom stereocenters. The van der Waals surface area contributed by atoms with Crippen molar-refractivity contribution in [3.8, 4) is 11.5 Å². The molecule has 1 fully saturated rings. The van der Waals surface area contributed by atoms with Gasteiger partial charge in [0.1, 0.15) is 11.6 Å². The molecular weight excluding hydrogens is 328 g/mol. The second-order valence-corrected chi connectivity index (χ2v) is 6.12. The number of nitrogens with zero attached hydrogens (tertiary/aromatic N) is 1. The summed E-state index contributed by atoms with van der Waals surface area (Å²) in [4.78, 5) is 37.5. The molecule has 130 valence electrons. The fraction of sp³-hybridized carbons (Fsp3) is 0.353. The number of hydrogen-bond donors (Lipinski definition) is 1. The van der Waals surface area contributed by atoms with E-state index >= 15 is 0 Å². The molecule has 0 bridgehead atoms. The Morgan fingerprint density at radius 2 is 1.96 bits per heavy atom. The van der Waals surface area contributed by atoms with Crippen molar-refractivity contribution in [2.24, 2.45) is 5.73 Å². The highest BCUT2D eigenvalue weighted by Gasteiger charge is 2.32. The first-order valence-electron chi connectivity index (χ1n) is 7.98. The summed E-state index contributed by atoms with van der Waals surface area (Å²) in [5.74, 6) is 0.274. The molecule has 3 heterocycles. The number of carbonyl (C=O) groups is 2. The highest BCUT2D eigenvalue weighted by molar-refractivity contribution is 5.92. The third kappa shape index (κ3) is 2.69. The normalized spacial score (nSPS) is 18.7. The summed E-state index contributed by atoms with van der Waals surface area (Å²) in [5.41, 5.74) is 5.66. The number of primary amides is 1. The molecule has 8 nitrogen and oxygen atoms in total. The molecule has 0 saturated carbocycles. The Labute approximate surface area is 142 Å². The van der Waals surface area contributed by atoms with Gasteiger partial charge in [0.2, 0.25) is 18.6 Å². The molecule has 25 heavy (non-hydrogen) atoms. The number of hydrogen-bond acceptors (Lipinski definition) is 6. The molecule has 2 aliphatic heterocycles. The Morgan fingerprint density at radius 1 is 1.20 bits per heavy atom. The monoisotopic (exact) mass is 344 g/mol. The summed E-state index contributed by atoms with van der Waals surface area (Å²) in [7, 11) is 0. The zero-order valence-corrected chi connectivity index (χ0v) is 13.3. The fourth-order valence-electron chi connectivity index (χ4n) is 3.39. The van der Waals surface area contributed by atoms with Crippen LogP contribution in [-0.2, 0) is 16.0 Å². The fourth-order valence-corrected chi connectivity index (χ4v) is 3.39. The first-order valence-corrected chi connectivity index (χ1v) is 7.98. The molecule has 0 aliphatic carbocycles. The van der Waals surface area contributed by atoms with Crippen LogP contribution in [0.4, 0.5) is 0 Å². The van der Waals surface area contributed by atoms with E-state index in [0.29, 0.717) is 41.0 Å². The van der Waals surface area contributed by atoms with Gasteiger partial charge in [0.25, 0.3) is 0 Å². The van der Waals surface area contributed by atoms with E-state index < -0.39 is 17.6 Å². The van der Waals surface area contributed by atoms with Crippen molar-refractivity contribution in [3.63, 3.8) is 0 Å². The standard InChI is InChI=1S/C17H16N2O6/c18-17(22)11-2-1-3-19(11)15(20)4-9-5-16(21)25-12-7-14-13(6-10(9)12)23-8-24-14/h5-7,11H,1-4,8H2,(H2,18,22)/t11-/m0/s1. The summed E-state index contributed by atoms with van der Waals surface area (Å²) in [6.07, 6.45) is 1.28. The zero-order chi connectivity index (χ0) is 17.6. The lowest BCUT2D eigenvalue weighted by atomic mass is 10.1. The lowest BCUT2D eigenvalue weighted by Gasteiger charge is -2.22. The molecule has 8 heteroatoms. The van der Waals surface area contributed by atoms with Gasteiger partial charge in [-0.1, -0.05) is 0 Å². The molecule has 0 radical (unpaired) electrons. The molecule has 4 rings (SSSR count). The summed E-state index contributed by atoms with van der Waals surface area (Å²) in [5, 5.41) is 0.604. The van der Waals surface area contributed by atoms with Gasteiger partial charge in [-0.25, -0.2) is 4.79 Å². The largest absolute Gasteiger partial charge is 0.454 e. The van der Waals surface area contributed by atoms with E-state index in [0.717, 1.165) is 6.42 Å². The lowest BCUT2D eigenvalue weighted by molar-refractivity contribution is -0.136. The first kappa shape index (κ1) is 15.5. The highest BCUT2D eigenvalue weighted by Crippen LogP contribution is 2.36. The Kier molecular flexibility index (Phi) is 3.60. The number of fused-ring (bicyclic) bond motifs is 2. The van der Waals surface area contributed by atoms with Crippen LogP contribution in [0.15, 0.2) is 27.4 Å². The minimum atomic E-state index is -0.583. The van der Waals surface area contributed by atoms with Crippen LogP contribution in [0.2, 0.25) is 0 Å². The second-order valence-electron chi connectivity index (χ2n) is 6.12. The lowest BCUT2D eigenvalue weighted by Crippen LogP contribution is -2.44. The van der Waals surface area contributed by atoms with Crippen molar-refractivity contribution < 1.29 is 23.5 Å². The highest BCUT2D eigenvalue weighted by atomic mass is 16.7. The summed E-state index contributed by atoms with van der Waals surface area (Å²) < 4.78 is 15.8. The van der Waals surface area contributed by atoms with E-state index in [-0.39, 0.29) is 19.1 Å². The minimum Gasteiger partial charge on any atom is -0.454 e. The van der Waals surface area contributed by atoms with E-state index in [1.165, 1.54) is 11.0 Å². The first-order chi connectivity index (χ1) is 12.0. The average molecular weight is 344 g/mol. The van der Waals surface area contributed by atoms with Crippen molar-refractivity contribution in [3.05, 3.63) is 34.2 Å². The summed E-state index contributed by atoms with van der Waals surface area (Å²) in [6.45, 7) is 0.580. The van der Waals surface area contributed by atoms with Crippen LogP contribution >= 0.6 is 0 Å². The molecule has 0 unspecified atom stereocenters. The average Bonchev–Trinajstić information content (AvgIpc) is 3.21. The molecular formula is C17H16N2O6. The Bertz CT molecular complexity index is 935. The molecule has 2 aliphatic rings. The predicted molar refractivity (Wildman–Crippen MR) is 86.2 cm³/mol. The van der Waals surface area contributed by atoms with Gasteiger partial charge in [0.05, 0.1) is 6.42 Å². The maximum atomic E-state index is 12.6. The smallest absolute Gasteiger partial charge is 0.336 e. The number of rotatable bonds is 3. The van der Waals surface area contributed by atoms with E-state index in [2.05, 4.69) is 0 Å². The van der Waals surface area contributed by atoms with Gasteiger partial charge in [-0.15, -0.1) is 0 Å². The van der Waals surface area contributed by atoms with Gasteiger partial charge < -0.3 is 24.5 Å². The van der Waals surface area contributed by atoms with Gasteiger partial charge in [-0.3, -0.25) is 9.59 Å². The van der Waals surface area contributed by atoms with Crippen LogP contribution in [0.5, 0.6) is 11.5 Å². The molecule has 2 amide bonds. The Balaban J connectivity index is 1.70. The van der Waals surface area contributed by atoms with Crippen molar-refractivity contribution in [1.29, 1.82) is 0 Å². The van der Waals surface area contributed by atoms with Gasteiger partial charge in [0, 0.05) is 24.1 Å². The quantitative estimate of drug-likeness (QED) is 0.813. The van der Waals surface area contributed by atoms with E-state index in [4.69, 9.17) is 19.6 Å². The van der Waals surface area contributed by atoms with Crippen molar-refractivity contribution in [2.45, 2.75) is 25.3 Å². The van der Waals surface area contributed by atoms with Crippen LogP contribution in [0.25, 0.3) is 11.0 Å². The molecule has 2 N–H and O–H groups in total. The van der Waals surface area contributed by atoms with Gasteiger partial charge in [0.15, 0.2) is 11.5 Å². The third-order valence-electron chi connectivity index (χ3n) is 4.57. The predicted octanol–water partition coefficient (Wildman–Crippen LogP) is 0.540. The van der Waals surface area contributed by atoms with Gasteiger partial charge in [-0.2, -0.15) is 0 Å². The van der Waals surface area contributed by atoms with Crippen molar-refractivity contribution >= 4 is 22.8 Å². The number of amides is 2. The third-order valence-corrected chi connectivity index (χ3v) is 4.57. The number of benzene rings is 1. The van der Waals surface area contributed by atoms with E-state index in [9.17, 15) is 14.4 Å². The molecule has 0 spiro atoms. The molecule has 1 aromatic heterocycles. The molecule has 2 aromatic rings. The molecule has 1 aromatic carbocycles. The van der Waals surface area contributed by atoms with Gasteiger partial charge in [-0.05, 0) is 24.5 Å². The number of carbonyl (C=O) groups excluding carboxylic acids is 2. The van der Waals surface area contributed by atoms with Crippen LogP contribution in [0.3, 0.4) is 0 Å². The summed E-state index contributed by atoms with van der Waals surface area (Å²) >= 11 is 0. The minimum absolute atomic E-state index is 0.0223. The van der Waals surface area contributed by atoms with Crippen molar-refractivity contribution in [2.75, 3.05) is 13.3 Å². The summed E-state index contributed by atoms with van der Waals surface area (Å²) in [6, 6.07) is 3.98. The zero-order valence-electron chi connectivity index (χ0n) is 13.3. The SMILES string of the molecule is NC(=O)[C@@H]1CCCN1C(=O)Cc1cc(=O)oc2cc3c(cc12)OCO3. The number of nitrogens with two attached hydrogens (primary N) is 1. The van der Waals surface area contributed by atoms with Gasteiger partial charge >= 0.3 is 5.63 Å². The maximum Gasteiger partial charge on any atom is 0.336 e. The van der Waals surface area contributed by atoms with E-state index in [1.807, 2.05) is 0 Å². The van der Waals surface area contributed by atoms with Crippen molar-refractivity contribution in [1.82, 2.24) is 4.90 Å². The van der Waals surface area contributed by atoms with Crippen LogP contribution in [-0.4, -0.2) is 36.1 Å². The van der Waals surface area contributed by atoms with E-state index in [1.54, 1.807) is 12.1 Å². The number of likely N-dealkylation sites (tertiary alicyclic amines) is 1. The van der Waals surface area contributed by atoms with Crippen LogP contribution in [0, 0.1) is 0 Å². The van der Waals surface area contributed by atoms with Crippen LogP contribution < -0.4 is 20.8 Å². The molecule has 1 saturated heterocycles.